The van der Waals surface area contributed by atoms with Gasteiger partial charge in [-0.2, -0.15) is 0 Å². The highest BCUT2D eigenvalue weighted by Gasteiger charge is 2.17. The van der Waals surface area contributed by atoms with Gasteiger partial charge in [-0.15, -0.1) is 10.2 Å². The number of anilines is 1. The molecule has 1 aromatic carbocycles. The number of aryl methyl sites for hydroxylation is 1. The van der Waals surface area contributed by atoms with Crippen LogP contribution in [0.2, 0.25) is 0 Å². The van der Waals surface area contributed by atoms with Crippen LogP contribution < -0.4 is 5.32 Å². The van der Waals surface area contributed by atoms with E-state index in [0.29, 0.717) is 11.6 Å². The van der Waals surface area contributed by atoms with E-state index >= 15 is 0 Å². The van der Waals surface area contributed by atoms with Crippen molar-refractivity contribution in [3.8, 4) is 0 Å². The van der Waals surface area contributed by atoms with E-state index in [1.54, 1.807) is 11.8 Å². The molecule has 22 heavy (non-hydrogen) atoms. The summed E-state index contributed by atoms with van der Waals surface area (Å²) in [6.07, 6.45) is 1.47. The van der Waals surface area contributed by atoms with Gasteiger partial charge in [-0.3, -0.25) is 4.79 Å². The fourth-order valence-electron chi connectivity index (χ4n) is 1.86. The van der Waals surface area contributed by atoms with E-state index in [-0.39, 0.29) is 11.3 Å². The van der Waals surface area contributed by atoms with E-state index in [9.17, 15) is 4.79 Å². The highest BCUT2D eigenvalue weighted by molar-refractivity contribution is 8.01. The minimum Gasteiger partial charge on any atom is -0.300 e. The van der Waals surface area contributed by atoms with E-state index in [1.807, 2.05) is 39.0 Å². The van der Waals surface area contributed by atoms with Gasteiger partial charge in [0.1, 0.15) is 0 Å². The zero-order chi connectivity index (χ0) is 16.0. The maximum absolute atomic E-state index is 11.9. The van der Waals surface area contributed by atoms with Gasteiger partial charge < -0.3 is 5.32 Å². The van der Waals surface area contributed by atoms with E-state index in [4.69, 9.17) is 0 Å². The number of nitrogens with zero attached hydrogens (tertiary/aromatic N) is 2. The van der Waals surface area contributed by atoms with Crippen molar-refractivity contribution in [1.82, 2.24) is 10.2 Å². The summed E-state index contributed by atoms with van der Waals surface area (Å²) in [5, 5.41) is 11.5. The summed E-state index contributed by atoms with van der Waals surface area (Å²) < 4.78 is 0.891. The molecule has 0 saturated carbocycles. The SMILES string of the molecule is CC(C)(C)CC(=O)Nc1nnc(SCCc2ccccc2)s1. The van der Waals surface area contributed by atoms with Gasteiger partial charge in [-0.25, -0.2) is 0 Å². The molecular weight excluding hydrogens is 314 g/mol. The van der Waals surface area contributed by atoms with E-state index in [2.05, 4.69) is 27.6 Å². The second kappa shape index (κ2) is 7.74. The lowest BCUT2D eigenvalue weighted by molar-refractivity contribution is -0.117. The number of hydrogen-bond acceptors (Lipinski definition) is 5. The summed E-state index contributed by atoms with van der Waals surface area (Å²) >= 11 is 3.10. The van der Waals surface area contributed by atoms with Crippen LogP contribution in [0.3, 0.4) is 0 Å². The number of aromatic nitrogens is 2. The predicted octanol–water partition coefficient (Wildman–Crippen LogP) is 4.25. The van der Waals surface area contributed by atoms with Crippen LogP contribution in [0.4, 0.5) is 5.13 Å². The first kappa shape index (κ1) is 17.0. The summed E-state index contributed by atoms with van der Waals surface area (Å²) in [4.78, 5) is 11.9. The van der Waals surface area contributed by atoms with Gasteiger partial charge in [0, 0.05) is 12.2 Å². The van der Waals surface area contributed by atoms with Gasteiger partial charge in [0.2, 0.25) is 11.0 Å². The third-order valence-electron chi connectivity index (χ3n) is 2.80. The molecule has 0 spiro atoms. The molecule has 1 N–H and O–H groups in total. The fraction of sp³-hybridized carbons (Fsp3) is 0.438. The second-order valence-corrected chi connectivity index (χ2v) is 8.56. The summed E-state index contributed by atoms with van der Waals surface area (Å²) in [6.45, 7) is 6.12. The van der Waals surface area contributed by atoms with Crippen LogP contribution in [0.25, 0.3) is 0 Å². The van der Waals surface area contributed by atoms with Crippen molar-refractivity contribution in [2.24, 2.45) is 5.41 Å². The maximum Gasteiger partial charge on any atom is 0.226 e. The van der Waals surface area contributed by atoms with Crippen LogP contribution in [0.5, 0.6) is 0 Å². The number of benzene rings is 1. The van der Waals surface area contributed by atoms with Gasteiger partial charge in [-0.05, 0) is 17.4 Å². The smallest absolute Gasteiger partial charge is 0.226 e. The third-order valence-corrected chi connectivity index (χ3v) is 4.78. The van der Waals surface area contributed by atoms with Crippen molar-refractivity contribution in [2.75, 3.05) is 11.1 Å². The number of rotatable bonds is 6. The van der Waals surface area contributed by atoms with E-state index in [0.717, 1.165) is 16.5 Å². The molecule has 0 saturated heterocycles. The van der Waals surface area contributed by atoms with Crippen LogP contribution in [0.1, 0.15) is 32.8 Å². The summed E-state index contributed by atoms with van der Waals surface area (Å²) in [5.41, 5.74) is 1.29. The van der Waals surface area contributed by atoms with Crippen LogP contribution in [0, 0.1) is 5.41 Å². The number of thioether (sulfide) groups is 1. The largest absolute Gasteiger partial charge is 0.300 e. The minimum atomic E-state index is -0.0258. The maximum atomic E-state index is 11.9. The molecule has 1 amide bonds. The number of carbonyl (C=O) groups excluding carboxylic acids is 1. The van der Waals surface area contributed by atoms with Crippen molar-refractivity contribution in [2.45, 2.75) is 38.0 Å². The quantitative estimate of drug-likeness (QED) is 0.633. The first-order valence-corrected chi connectivity index (χ1v) is 9.03. The Kier molecular flexibility index (Phi) is 5.97. The lowest BCUT2D eigenvalue weighted by atomic mass is 9.92. The van der Waals surface area contributed by atoms with Crippen molar-refractivity contribution < 1.29 is 4.79 Å². The molecule has 0 unspecified atom stereocenters. The summed E-state index contributed by atoms with van der Waals surface area (Å²) in [5.74, 6) is 0.943. The first-order chi connectivity index (χ1) is 10.4. The van der Waals surface area contributed by atoms with Gasteiger partial charge in [0.25, 0.3) is 0 Å². The van der Waals surface area contributed by atoms with Crippen molar-refractivity contribution >= 4 is 34.1 Å². The molecule has 0 radical (unpaired) electrons. The summed E-state index contributed by atoms with van der Waals surface area (Å²) in [7, 11) is 0. The molecular formula is C16H21N3OS2. The lowest BCUT2D eigenvalue weighted by Crippen LogP contribution is -2.19. The van der Waals surface area contributed by atoms with Crippen LogP contribution in [-0.4, -0.2) is 21.9 Å². The normalized spacial score (nSPS) is 11.4. The lowest BCUT2D eigenvalue weighted by Gasteiger charge is -2.16. The highest BCUT2D eigenvalue weighted by atomic mass is 32.2. The summed E-state index contributed by atoms with van der Waals surface area (Å²) in [6, 6.07) is 10.4. The molecule has 2 aromatic rings. The zero-order valence-corrected chi connectivity index (χ0v) is 14.8. The van der Waals surface area contributed by atoms with Crippen molar-refractivity contribution in [3.05, 3.63) is 35.9 Å². The molecule has 1 heterocycles. The Morgan fingerprint density at radius 3 is 2.64 bits per heavy atom. The number of hydrogen-bond donors (Lipinski definition) is 1. The third kappa shape index (κ3) is 6.15. The Morgan fingerprint density at radius 2 is 1.95 bits per heavy atom. The Labute approximate surface area is 139 Å². The van der Waals surface area contributed by atoms with E-state index in [1.165, 1.54) is 16.9 Å². The highest BCUT2D eigenvalue weighted by Crippen LogP contribution is 2.27. The molecule has 0 bridgehead atoms. The molecule has 6 heteroatoms. The minimum absolute atomic E-state index is 0.00974. The zero-order valence-electron chi connectivity index (χ0n) is 13.1. The predicted molar refractivity (Wildman–Crippen MR) is 93.5 cm³/mol. The molecule has 0 fully saturated rings. The molecule has 0 atom stereocenters. The first-order valence-electron chi connectivity index (χ1n) is 7.22. The second-order valence-electron chi connectivity index (χ2n) is 6.24. The molecule has 118 valence electrons. The van der Waals surface area contributed by atoms with Crippen LogP contribution in [-0.2, 0) is 11.2 Å². The van der Waals surface area contributed by atoms with Crippen LogP contribution in [0.15, 0.2) is 34.7 Å². The van der Waals surface area contributed by atoms with Gasteiger partial charge in [0.05, 0.1) is 0 Å². The average Bonchev–Trinajstić information content (AvgIpc) is 2.85. The Morgan fingerprint density at radius 1 is 1.23 bits per heavy atom. The number of nitrogens with one attached hydrogen (secondary N) is 1. The Balaban J connectivity index is 1.78. The fourth-order valence-corrected chi connectivity index (χ4v) is 3.69. The Hall–Kier alpha value is -1.40. The molecule has 2 rings (SSSR count). The van der Waals surface area contributed by atoms with Crippen molar-refractivity contribution in [1.29, 1.82) is 0 Å². The van der Waals surface area contributed by atoms with Gasteiger partial charge in [0.15, 0.2) is 4.34 Å². The van der Waals surface area contributed by atoms with Gasteiger partial charge >= 0.3 is 0 Å². The van der Waals surface area contributed by atoms with Crippen molar-refractivity contribution in [3.63, 3.8) is 0 Å². The van der Waals surface area contributed by atoms with Crippen LogP contribution >= 0.6 is 23.1 Å². The molecule has 0 aliphatic rings. The molecule has 0 aliphatic heterocycles. The van der Waals surface area contributed by atoms with E-state index < -0.39 is 0 Å². The number of amides is 1. The van der Waals surface area contributed by atoms with Gasteiger partial charge in [-0.1, -0.05) is 74.2 Å². The molecule has 1 aromatic heterocycles. The average molecular weight is 335 g/mol. The molecule has 4 nitrogen and oxygen atoms in total. The monoisotopic (exact) mass is 335 g/mol. The molecule has 0 aliphatic carbocycles. The topological polar surface area (TPSA) is 54.9 Å². The Bertz CT molecular complexity index is 605. The number of carbonyl (C=O) groups is 1. The standard InChI is InChI=1S/C16H21N3OS2/c1-16(2,3)11-13(20)17-14-18-19-15(22-14)21-10-9-12-7-5-4-6-8-12/h4-8H,9-11H2,1-3H3,(H,17,18,20).